The third kappa shape index (κ3) is 18.1. The van der Waals surface area contributed by atoms with E-state index >= 15 is 0 Å². The maximum atomic E-state index is 6.08. The van der Waals surface area contributed by atoms with Gasteiger partial charge in [0.25, 0.3) is 0 Å². The molecule has 0 amide bonds. The summed E-state index contributed by atoms with van der Waals surface area (Å²) in [4.78, 5) is 0. The van der Waals surface area contributed by atoms with Crippen molar-refractivity contribution in [2.24, 2.45) is 0 Å². The Morgan fingerprint density at radius 3 is 1.20 bits per heavy atom. The third-order valence-electron chi connectivity index (χ3n) is 0.0833. The second-order valence-corrected chi connectivity index (χ2v) is 0.333. The van der Waals surface area contributed by atoms with E-state index in [9.17, 15) is 0 Å². The molecule has 0 aromatic heterocycles. The number of hydrogen-bond acceptors (Lipinski definition) is 2. The molecule has 0 saturated carbocycles. The van der Waals surface area contributed by atoms with E-state index in [-0.39, 0.29) is 17.1 Å². The largest absolute Gasteiger partial charge is 0.307 e. The van der Waals surface area contributed by atoms with Crippen molar-refractivity contribution in [3.8, 4) is 0 Å². The fourth-order valence-electron chi connectivity index (χ4n) is 0. The van der Waals surface area contributed by atoms with Crippen LogP contribution in [-0.2, 0) is 17.1 Å². The maximum Gasteiger partial charge on any atom is 0.0353 e. The van der Waals surface area contributed by atoms with Gasteiger partial charge in [0, 0.05) is 29.5 Å². The molecule has 0 saturated heterocycles. The Labute approximate surface area is 41.1 Å². The van der Waals surface area contributed by atoms with Gasteiger partial charge in [0.1, 0.15) is 0 Å². The number of hydrogen-bond donors (Lipinski definition) is 2. The molecule has 1 radical (unpaired) electrons. The van der Waals surface area contributed by atoms with Crippen molar-refractivity contribution < 1.29 is 17.1 Å². The van der Waals surface area contributed by atoms with Crippen molar-refractivity contribution in [2.45, 2.75) is 0 Å². The van der Waals surface area contributed by atoms with Gasteiger partial charge in [-0.1, -0.05) is 0 Å². The average Bonchev–Trinajstić information content (AvgIpc) is 1.37. The SMILES string of the molecule is N=CC=N.[Cu]. The smallest absolute Gasteiger partial charge is 0.0353 e. The summed E-state index contributed by atoms with van der Waals surface area (Å²) >= 11 is 0. The molecule has 33 valence electrons. The molecular formula is C2H4CuN2. The predicted molar refractivity (Wildman–Crippen MR) is 17.6 cm³/mol. The van der Waals surface area contributed by atoms with Crippen molar-refractivity contribution in [1.82, 2.24) is 0 Å². The molecule has 2 nitrogen and oxygen atoms in total. The van der Waals surface area contributed by atoms with Crippen molar-refractivity contribution in [2.75, 3.05) is 0 Å². The van der Waals surface area contributed by atoms with Crippen molar-refractivity contribution in [3.05, 3.63) is 0 Å². The minimum atomic E-state index is 0. The Balaban J connectivity index is 0. The molecular weight excluding hydrogens is 116 g/mol. The molecule has 0 rings (SSSR count). The second kappa shape index (κ2) is 9.13. The molecule has 0 unspecified atom stereocenters. The van der Waals surface area contributed by atoms with Crippen LogP contribution >= 0.6 is 0 Å². The average molecular weight is 120 g/mol. The summed E-state index contributed by atoms with van der Waals surface area (Å²) in [7, 11) is 0. The Morgan fingerprint density at radius 1 is 1.00 bits per heavy atom. The van der Waals surface area contributed by atoms with Gasteiger partial charge in [-0.2, -0.15) is 0 Å². The molecule has 2 N–H and O–H groups in total. The van der Waals surface area contributed by atoms with E-state index in [4.69, 9.17) is 10.8 Å². The molecule has 0 fully saturated rings. The van der Waals surface area contributed by atoms with E-state index in [0.717, 1.165) is 12.4 Å². The topological polar surface area (TPSA) is 47.7 Å². The molecule has 0 atom stereocenters. The van der Waals surface area contributed by atoms with Crippen LogP contribution in [0.1, 0.15) is 0 Å². The molecule has 0 bridgehead atoms. The van der Waals surface area contributed by atoms with E-state index in [0.29, 0.717) is 0 Å². The maximum absolute atomic E-state index is 6.08. The van der Waals surface area contributed by atoms with Crippen molar-refractivity contribution in [1.29, 1.82) is 10.8 Å². The molecule has 0 aliphatic heterocycles. The van der Waals surface area contributed by atoms with Gasteiger partial charge < -0.3 is 10.8 Å². The van der Waals surface area contributed by atoms with Gasteiger partial charge in [-0.3, -0.25) is 0 Å². The van der Waals surface area contributed by atoms with E-state index in [1.54, 1.807) is 0 Å². The van der Waals surface area contributed by atoms with Crippen LogP contribution in [-0.4, -0.2) is 12.4 Å². The summed E-state index contributed by atoms with van der Waals surface area (Å²) in [6.07, 6.45) is 1.83. The Kier molecular flexibility index (Phi) is 16.2. The van der Waals surface area contributed by atoms with Crippen LogP contribution in [0.3, 0.4) is 0 Å². The monoisotopic (exact) mass is 119 g/mol. The fourth-order valence-corrected chi connectivity index (χ4v) is 0. The first-order valence-corrected chi connectivity index (χ1v) is 0.911. The summed E-state index contributed by atoms with van der Waals surface area (Å²) in [6, 6.07) is 0. The quantitative estimate of drug-likeness (QED) is 0.368. The van der Waals surface area contributed by atoms with Crippen LogP contribution in [0.5, 0.6) is 0 Å². The first-order chi connectivity index (χ1) is 1.91. The van der Waals surface area contributed by atoms with E-state index in [1.807, 2.05) is 0 Å². The van der Waals surface area contributed by atoms with Gasteiger partial charge in [-0.25, -0.2) is 0 Å². The molecule has 0 spiro atoms. The molecule has 5 heavy (non-hydrogen) atoms. The van der Waals surface area contributed by atoms with Gasteiger partial charge >= 0.3 is 0 Å². The molecule has 3 heteroatoms. The van der Waals surface area contributed by atoms with Gasteiger partial charge in [0.15, 0.2) is 0 Å². The van der Waals surface area contributed by atoms with Crippen molar-refractivity contribution >= 4 is 12.4 Å². The minimum Gasteiger partial charge on any atom is -0.307 e. The normalized spacial score (nSPS) is 4.00. The Bertz CT molecular complexity index is 28.6. The summed E-state index contributed by atoms with van der Waals surface area (Å²) in [6.45, 7) is 0. The van der Waals surface area contributed by atoms with Gasteiger partial charge in [0.05, 0.1) is 0 Å². The van der Waals surface area contributed by atoms with Crippen molar-refractivity contribution in [3.63, 3.8) is 0 Å². The van der Waals surface area contributed by atoms with Crippen LogP contribution < -0.4 is 0 Å². The van der Waals surface area contributed by atoms with Gasteiger partial charge in [0.2, 0.25) is 0 Å². The van der Waals surface area contributed by atoms with E-state index in [1.165, 1.54) is 0 Å². The van der Waals surface area contributed by atoms with Crippen LogP contribution in [0.15, 0.2) is 0 Å². The molecule has 0 aliphatic rings. The first-order valence-electron chi connectivity index (χ1n) is 0.911. The Hall–Kier alpha value is -0.141. The number of nitrogens with one attached hydrogen (secondary N) is 2. The van der Waals surface area contributed by atoms with Crippen LogP contribution in [0.25, 0.3) is 0 Å². The fraction of sp³-hybridized carbons (Fsp3) is 0. The van der Waals surface area contributed by atoms with Crippen LogP contribution in [0, 0.1) is 10.8 Å². The predicted octanol–water partition coefficient (Wildman–Crippen LogP) is 0.283. The van der Waals surface area contributed by atoms with Gasteiger partial charge in [-0.15, -0.1) is 0 Å². The zero-order valence-electron chi connectivity index (χ0n) is 2.46. The summed E-state index contributed by atoms with van der Waals surface area (Å²) < 4.78 is 0. The second-order valence-electron chi connectivity index (χ2n) is 0.333. The summed E-state index contributed by atoms with van der Waals surface area (Å²) in [5.74, 6) is 0. The van der Waals surface area contributed by atoms with E-state index in [2.05, 4.69) is 0 Å². The van der Waals surface area contributed by atoms with Crippen LogP contribution in [0.4, 0.5) is 0 Å². The standard InChI is InChI=1S/C2H4N2.Cu/c3-1-2-4;/h1-4H;. The minimum absolute atomic E-state index is 0. The number of rotatable bonds is 1. The Morgan fingerprint density at radius 2 is 1.20 bits per heavy atom. The van der Waals surface area contributed by atoms with E-state index < -0.39 is 0 Å². The molecule has 0 heterocycles. The molecule has 0 aromatic carbocycles. The molecule has 0 aromatic rings. The third-order valence-corrected chi connectivity index (χ3v) is 0.0833. The van der Waals surface area contributed by atoms with Gasteiger partial charge in [-0.05, 0) is 0 Å². The summed E-state index contributed by atoms with van der Waals surface area (Å²) in [5, 5.41) is 12.2. The zero-order valence-corrected chi connectivity index (χ0v) is 3.40. The zero-order chi connectivity index (χ0) is 3.41. The first kappa shape index (κ1) is 8.85. The van der Waals surface area contributed by atoms with Crippen LogP contribution in [0.2, 0.25) is 0 Å². The summed E-state index contributed by atoms with van der Waals surface area (Å²) in [5.41, 5.74) is 0. The molecule has 0 aliphatic carbocycles.